The van der Waals surface area contributed by atoms with E-state index in [-0.39, 0.29) is 45.5 Å². The first-order chi connectivity index (χ1) is 17.6. The SMILES string of the molecule is Cc1cc(C2=NOC(c3cc(Cl)cc(Cl)c3)(C(F)(F)F)C2)ccc1C(=O)NN1CCN(CC(F)(F)F)C1=O. The van der Waals surface area contributed by atoms with Crippen LogP contribution in [0.2, 0.25) is 10.0 Å². The summed E-state index contributed by atoms with van der Waals surface area (Å²) >= 11 is 11.8. The molecule has 2 aromatic carbocycles. The van der Waals surface area contributed by atoms with Gasteiger partial charge in [-0.25, -0.2) is 9.80 Å². The van der Waals surface area contributed by atoms with Gasteiger partial charge in [-0.3, -0.25) is 10.2 Å². The lowest BCUT2D eigenvalue weighted by atomic mass is 9.86. The third-order valence-corrected chi connectivity index (χ3v) is 6.46. The minimum atomic E-state index is -4.89. The fraction of sp³-hybridized carbons (Fsp3) is 0.348. The van der Waals surface area contributed by atoms with Crippen LogP contribution in [0.15, 0.2) is 41.6 Å². The Hall–Kier alpha value is -3.19. The summed E-state index contributed by atoms with van der Waals surface area (Å²) in [6, 6.07) is 6.53. The van der Waals surface area contributed by atoms with Crippen molar-refractivity contribution in [3.05, 3.63) is 68.7 Å². The lowest BCUT2D eigenvalue weighted by Crippen LogP contribution is -2.46. The Labute approximate surface area is 221 Å². The van der Waals surface area contributed by atoms with Crippen LogP contribution in [0.4, 0.5) is 31.1 Å². The number of nitrogens with zero attached hydrogens (tertiary/aromatic N) is 3. The van der Waals surface area contributed by atoms with E-state index in [9.17, 15) is 35.9 Å². The molecule has 1 saturated heterocycles. The minimum Gasteiger partial charge on any atom is -0.374 e. The first-order valence-corrected chi connectivity index (χ1v) is 11.7. The fourth-order valence-electron chi connectivity index (χ4n) is 4.18. The summed E-state index contributed by atoms with van der Waals surface area (Å²) in [5.41, 5.74) is -0.338. The van der Waals surface area contributed by atoms with Crippen LogP contribution in [0.3, 0.4) is 0 Å². The highest BCUT2D eigenvalue weighted by atomic mass is 35.5. The first-order valence-electron chi connectivity index (χ1n) is 10.9. The van der Waals surface area contributed by atoms with Crippen molar-refractivity contribution in [2.45, 2.75) is 31.3 Å². The van der Waals surface area contributed by atoms with Gasteiger partial charge in [-0.2, -0.15) is 26.3 Å². The van der Waals surface area contributed by atoms with Gasteiger partial charge in [0.15, 0.2) is 0 Å². The van der Waals surface area contributed by atoms with Gasteiger partial charge in [-0.1, -0.05) is 34.4 Å². The maximum Gasteiger partial charge on any atom is 0.435 e. The number of carbonyl (C=O) groups is 2. The summed E-state index contributed by atoms with van der Waals surface area (Å²) in [5.74, 6) is -0.779. The van der Waals surface area contributed by atoms with E-state index in [1.54, 1.807) is 0 Å². The summed E-state index contributed by atoms with van der Waals surface area (Å²) in [6.07, 6.45) is -10.2. The Morgan fingerprint density at radius 1 is 1.08 bits per heavy atom. The Morgan fingerprint density at radius 3 is 2.32 bits per heavy atom. The lowest BCUT2D eigenvalue weighted by Gasteiger charge is -2.29. The molecule has 1 unspecified atom stereocenters. The summed E-state index contributed by atoms with van der Waals surface area (Å²) in [4.78, 5) is 30.4. The number of oxime groups is 1. The number of hydrazine groups is 1. The number of nitrogens with one attached hydrogen (secondary N) is 1. The molecule has 0 aromatic heterocycles. The predicted molar refractivity (Wildman–Crippen MR) is 125 cm³/mol. The molecule has 38 heavy (non-hydrogen) atoms. The van der Waals surface area contributed by atoms with Crippen molar-refractivity contribution in [2.24, 2.45) is 5.16 Å². The normalized spacial score (nSPS) is 20.0. The zero-order chi connectivity index (χ0) is 28.0. The highest BCUT2D eigenvalue weighted by Gasteiger charge is 2.62. The van der Waals surface area contributed by atoms with E-state index in [4.69, 9.17) is 28.0 Å². The summed E-state index contributed by atoms with van der Waals surface area (Å²) < 4.78 is 80.5. The number of hydrogen-bond donors (Lipinski definition) is 1. The number of halogens is 8. The van der Waals surface area contributed by atoms with Gasteiger partial charge >= 0.3 is 18.4 Å². The maximum atomic E-state index is 14.2. The second-order valence-electron chi connectivity index (χ2n) is 8.73. The number of alkyl halides is 6. The Kier molecular flexibility index (Phi) is 7.21. The van der Waals surface area contributed by atoms with E-state index < -0.39 is 42.9 Å². The zero-order valence-electron chi connectivity index (χ0n) is 19.4. The number of hydrogen-bond acceptors (Lipinski definition) is 4. The molecule has 3 amide bonds. The minimum absolute atomic E-state index is 0.0163. The van der Waals surface area contributed by atoms with Crippen molar-refractivity contribution in [3.8, 4) is 0 Å². The summed E-state index contributed by atoms with van der Waals surface area (Å²) in [6.45, 7) is -0.324. The molecule has 204 valence electrons. The molecule has 0 saturated carbocycles. The summed E-state index contributed by atoms with van der Waals surface area (Å²) in [5, 5.41) is 4.40. The van der Waals surface area contributed by atoms with Crippen molar-refractivity contribution >= 4 is 40.9 Å². The van der Waals surface area contributed by atoms with Gasteiger partial charge in [0.25, 0.3) is 11.5 Å². The molecular formula is C23H18Cl2F6N4O3. The lowest BCUT2D eigenvalue weighted by molar-refractivity contribution is -0.275. The highest BCUT2D eigenvalue weighted by molar-refractivity contribution is 6.34. The molecule has 7 nitrogen and oxygen atoms in total. The second-order valence-corrected chi connectivity index (χ2v) is 9.60. The van der Waals surface area contributed by atoms with Gasteiger partial charge in [0, 0.05) is 34.1 Å². The molecule has 0 spiro atoms. The van der Waals surface area contributed by atoms with Gasteiger partial charge < -0.3 is 9.74 Å². The molecule has 1 fully saturated rings. The monoisotopic (exact) mass is 582 g/mol. The molecule has 15 heteroatoms. The van der Waals surface area contributed by atoms with Gasteiger partial charge in [-0.15, -0.1) is 0 Å². The van der Waals surface area contributed by atoms with E-state index in [2.05, 4.69) is 10.6 Å². The molecule has 2 aromatic rings. The topological polar surface area (TPSA) is 74.2 Å². The van der Waals surface area contributed by atoms with Crippen LogP contribution in [0, 0.1) is 6.92 Å². The van der Waals surface area contributed by atoms with Gasteiger partial charge in [0.2, 0.25) is 0 Å². The van der Waals surface area contributed by atoms with E-state index in [0.29, 0.717) is 10.5 Å². The predicted octanol–water partition coefficient (Wildman–Crippen LogP) is 5.83. The van der Waals surface area contributed by atoms with Gasteiger partial charge in [-0.05, 0) is 48.4 Å². The highest BCUT2D eigenvalue weighted by Crippen LogP contribution is 2.49. The maximum absolute atomic E-state index is 14.2. The molecule has 1 atom stereocenters. The largest absolute Gasteiger partial charge is 0.435 e. The van der Waals surface area contributed by atoms with Crippen LogP contribution in [0.5, 0.6) is 0 Å². The van der Waals surface area contributed by atoms with Crippen LogP contribution in [0.25, 0.3) is 0 Å². The third-order valence-electron chi connectivity index (χ3n) is 6.02. The summed E-state index contributed by atoms with van der Waals surface area (Å²) in [7, 11) is 0. The second kappa shape index (κ2) is 9.84. The molecular weight excluding hydrogens is 565 g/mol. The van der Waals surface area contributed by atoms with Crippen molar-refractivity contribution in [3.63, 3.8) is 0 Å². The van der Waals surface area contributed by atoms with Gasteiger partial charge in [0.1, 0.15) is 6.54 Å². The van der Waals surface area contributed by atoms with Crippen LogP contribution in [-0.4, -0.2) is 59.5 Å². The van der Waals surface area contributed by atoms with Crippen LogP contribution in [0.1, 0.15) is 33.5 Å². The number of benzene rings is 2. The molecule has 0 aliphatic carbocycles. The van der Waals surface area contributed by atoms with Crippen LogP contribution >= 0.6 is 23.2 Å². The Morgan fingerprint density at radius 2 is 1.74 bits per heavy atom. The number of urea groups is 1. The van der Waals surface area contributed by atoms with Crippen LogP contribution < -0.4 is 5.43 Å². The third kappa shape index (κ3) is 5.48. The van der Waals surface area contributed by atoms with E-state index >= 15 is 0 Å². The standard InChI is InChI=1S/C23H18Cl2F6N4O3/c1-12-6-13(2-3-17(12)19(36)32-35-5-4-34(20(35)37)11-22(26,27)28)18-10-21(38-33-18,23(29,30)31)14-7-15(24)9-16(25)8-14/h2-3,6-9H,4-5,10-11H2,1H3,(H,32,36). The Bertz CT molecular complexity index is 1300. The van der Waals surface area contributed by atoms with E-state index in [1.165, 1.54) is 31.2 Å². The van der Waals surface area contributed by atoms with E-state index in [1.807, 2.05) is 0 Å². The van der Waals surface area contributed by atoms with Crippen molar-refractivity contribution in [1.29, 1.82) is 0 Å². The quantitative estimate of drug-likeness (QED) is 0.451. The molecule has 4 rings (SSSR count). The molecule has 1 N–H and O–H groups in total. The Balaban J connectivity index is 1.51. The fourth-order valence-corrected chi connectivity index (χ4v) is 4.70. The number of rotatable bonds is 5. The first kappa shape index (κ1) is 27.8. The molecule has 0 radical (unpaired) electrons. The smallest absolute Gasteiger partial charge is 0.374 e. The molecule has 2 aliphatic heterocycles. The van der Waals surface area contributed by atoms with Crippen molar-refractivity contribution in [1.82, 2.24) is 15.3 Å². The number of aryl methyl sites for hydroxylation is 1. The zero-order valence-corrected chi connectivity index (χ0v) is 20.9. The average molecular weight is 583 g/mol. The van der Waals surface area contributed by atoms with Gasteiger partial charge in [0.05, 0.1) is 12.3 Å². The van der Waals surface area contributed by atoms with E-state index in [0.717, 1.165) is 17.1 Å². The number of carbonyl (C=O) groups excluding carboxylic acids is 2. The molecule has 0 bridgehead atoms. The molecule has 2 heterocycles. The molecule has 2 aliphatic rings. The van der Waals surface area contributed by atoms with Crippen molar-refractivity contribution < 1.29 is 40.8 Å². The van der Waals surface area contributed by atoms with Crippen LogP contribution in [-0.2, 0) is 10.4 Å². The average Bonchev–Trinajstić information content (AvgIpc) is 3.38. The van der Waals surface area contributed by atoms with Crippen molar-refractivity contribution in [2.75, 3.05) is 19.6 Å². The number of amides is 3.